The highest BCUT2D eigenvalue weighted by Gasteiger charge is 2.01. The van der Waals surface area contributed by atoms with Crippen molar-refractivity contribution in [2.75, 3.05) is 11.1 Å². The van der Waals surface area contributed by atoms with Crippen molar-refractivity contribution in [3.63, 3.8) is 0 Å². The molecule has 92 valence electrons. The number of nitriles is 1. The Bertz CT molecular complexity index is 581. The zero-order valence-corrected chi connectivity index (χ0v) is 11.1. The molecule has 18 heavy (non-hydrogen) atoms. The number of anilines is 2. The summed E-state index contributed by atoms with van der Waals surface area (Å²) in [5.74, 6) is 0. The topological polar surface area (TPSA) is 61.8 Å². The van der Waals surface area contributed by atoms with Gasteiger partial charge in [-0.15, -0.1) is 11.3 Å². The minimum Gasteiger partial charge on any atom is -0.398 e. The van der Waals surface area contributed by atoms with Crippen molar-refractivity contribution in [1.29, 1.82) is 5.26 Å². The molecule has 1 aromatic heterocycles. The van der Waals surface area contributed by atoms with Gasteiger partial charge >= 0.3 is 0 Å². The largest absolute Gasteiger partial charge is 0.398 e. The Morgan fingerprint density at radius 2 is 2.06 bits per heavy atom. The lowest BCUT2D eigenvalue weighted by atomic mass is 10.2. The highest BCUT2D eigenvalue weighted by Crippen LogP contribution is 2.21. The van der Waals surface area contributed by atoms with Gasteiger partial charge in [0.25, 0.3) is 0 Å². The van der Waals surface area contributed by atoms with Gasteiger partial charge < -0.3 is 11.1 Å². The standard InChI is InChI=1S/C14H15N3S/c1-2-12-5-6-13(18-12)9-17-11-4-3-10(8-15)14(16)7-11/h3-7,17H,2,9,16H2,1H3. The van der Waals surface area contributed by atoms with Crippen LogP contribution >= 0.6 is 11.3 Å². The number of hydrogen-bond donors (Lipinski definition) is 2. The second kappa shape index (κ2) is 5.56. The number of benzene rings is 1. The summed E-state index contributed by atoms with van der Waals surface area (Å²) < 4.78 is 0. The molecule has 0 radical (unpaired) electrons. The molecule has 1 heterocycles. The zero-order chi connectivity index (χ0) is 13.0. The van der Waals surface area contributed by atoms with Crippen molar-refractivity contribution in [1.82, 2.24) is 0 Å². The van der Waals surface area contributed by atoms with Crippen LogP contribution in [0.4, 0.5) is 11.4 Å². The van der Waals surface area contributed by atoms with Crippen molar-refractivity contribution in [3.8, 4) is 6.07 Å². The van der Waals surface area contributed by atoms with E-state index in [9.17, 15) is 0 Å². The molecule has 2 rings (SSSR count). The predicted molar refractivity (Wildman–Crippen MR) is 76.6 cm³/mol. The number of nitrogens with two attached hydrogens (primary N) is 1. The van der Waals surface area contributed by atoms with Crippen molar-refractivity contribution >= 4 is 22.7 Å². The fourth-order valence-electron chi connectivity index (χ4n) is 1.67. The molecule has 0 aliphatic carbocycles. The summed E-state index contributed by atoms with van der Waals surface area (Å²) in [6, 6.07) is 11.8. The molecule has 0 atom stereocenters. The van der Waals surface area contributed by atoms with Gasteiger partial charge in [0.15, 0.2) is 0 Å². The first-order valence-electron chi connectivity index (χ1n) is 5.84. The molecule has 3 N–H and O–H groups in total. The lowest BCUT2D eigenvalue weighted by Crippen LogP contribution is -1.99. The molecule has 0 unspecified atom stereocenters. The maximum atomic E-state index is 8.80. The van der Waals surface area contributed by atoms with Gasteiger partial charge in [0.05, 0.1) is 11.3 Å². The van der Waals surface area contributed by atoms with E-state index < -0.39 is 0 Å². The monoisotopic (exact) mass is 257 g/mol. The van der Waals surface area contributed by atoms with Crippen LogP contribution < -0.4 is 11.1 Å². The average Bonchev–Trinajstić information content (AvgIpc) is 2.84. The van der Waals surface area contributed by atoms with Crippen LogP contribution in [-0.2, 0) is 13.0 Å². The summed E-state index contributed by atoms with van der Waals surface area (Å²) in [6.07, 6.45) is 1.08. The third-order valence-electron chi connectivity index (χ3n) is 2.70. The normalized spacial score (nSPS) is 10.0. The summed E-state index contributed by atoms with van der Waals surface area (Å²) in [5.41, 5.74) is 7.74. The first-order chi connectivity index (χ1) is 8.72. The molecular formula is C14H15N3S. The van der Waals surface area contributed by atoms with Crippen LogP contribution in [0.1, 0.15) is 22.2 Å². The van der Waals surface area contributed by atoms with Crippen LogP contribution in [0, 0.1) is 11.3 Å². The summed E-state index contributed by atoms with van der Waals surface area (Å²) >= 11 is 1.82. The summed E-state index contributed by atoms with van der Waals surface area (Å²) in [7, 11) is 0. The molecule has 0 amide bonds. The van der Waals surface area contributed by atoms with Crippen LogP contribution in [0.5, 0.6) is 0 Å². The molecule has 1 aromatic carbocycles. The van der Waals surface area contributed by atoms with Crippen molar-refractivity contribution in [2.45, 2.75) is 19.9 Å². The van der Waals surface area contributed by atoms with E-state index in [1.165, 1.54) is 9.75 Å². The molecule has 0 bridgehead atoms. The van der Waals surface area contributed by atoms with Gasteiger partial charge in [-0.1, -0.05) is 6.92 Å². The van der Waals surface area contributed by atoms with Crippen LogP contribution in [0.3, 0.4) is 0 Å². The Balaban J connectivity index is 2.02. The first-order valence-corrected chi connectivity index (χ1v) is 6.65. The molecule has 0 aliphatic rings. The second-order valence-corrected chi connectivity index (χ2v) is 5.24. The van der Waals surface area contributed by atoms with Crippen LogP contribution in [0.2, 0.25) is 0 Å². The quantitative estimate of drug-likeness (QED) is 0.825. The fraction of sp³-hybridized carbons (Fsp3) is 0.214. The van der Waals surface area contributed by atoms with E-state index in [2.05, 4.69) is 30.4 Å². The van der Waals surface area contributed by atoms with E-state index in [0.717, 1.165) is 18.7 Å². The minimum absolute atomic E-state index is 0.517. The molecule has 0 fully saturated rings. The fourth-order valence-corrected chi connectivity index (χ4v) is 2.57. The van der Waals surface area contributed by atoms with Gasteiger partial charge in [0.1, 0.15) is 6.07 Å². The number of rotatable bonds is 4. The lowest BCUT2D eigenvalue weighted by Gasteiger charge is -2.06. The number of nitrogens with zero attached hydrogens (tertiary/aromatic N) is 1. The van der Waals surface area contributed by atoms with E-state index in [1.807, 2.05) is 17.4 Å². The number of aryl methyl sites for hydroxylation is 1. The van der Waals surface area contributed by atoms with E-state index in [4.69, 9.17) is 11.0 Å². The molecule has 2 aromatic rings. The predicted octanol–water partition coefficient (Wildman–Crippen LogP) is 3.38. The molecular weight excluding hydrogens is 242 g/mol. The van der Waals surface area contributed by atoms with E-state index in [1.54, 1.807) is 12.1 Å². The molecule has 0 aliphatic heterocycles. The summed E-state index contributed by atoms with van der Waals surface area (Å²) in [4.78, 5) is 2.70. The van der Waals surface area contributed by atoms with Crippen LogP contribution in [0.15, 0.2) is 30.3 Å². The van der Waals surface area contributed by atoms with Crippen molar-refractivity contribution in [2.24, 2.45) is 0 Å². The minimum atomic E-state index is 0.517. The van der Waals surface area contributed by atoms with Gasteiger partial charge in [0, 0.05) is 22.0 Å². The highest BCUT2D eigenvalue weighted by molar-refractivity contribution is 7.12. The van der Waals surface area contributed by atoms with E-state index in [-0.39, 0.29) is 0 Å². The van der Waals surface area contributed by atoms with Gasteiger partial charge in [-0.3, -0.25) is 0 Å². The Labute approximate surface area is 111 Å². The first kappa shape index (κ1) is 12.5. The van der Waals surface area contributed by atoms with E-state index in [0.29, 0.717) is 11.3 Å². The average molecular weight is 257 g/mol. The van der Waals surface area contributed by atoms with Gasteiger partial charge in [-0.05, 0) is 36.8 Å². The molecule has 3 nitrogen and oxygen atoms in total. The van der Waals surface area contributed by atoms with Crippen LogP contribution in [-0.4, -0.2) is 0 Å². The van der Waals surface area contributed by atoms with Gasteiger partial charge in [-0.25, -0.2) is 0 Å². The van der Waals surface area contributed by atoms with Crippen molar-refractivity contribution in [3.05, 3.63) is 45.6 Å². The third-order valence-corrected chi connectivity index (χ3v) is 3.93. The van der Waals surface area contributed by atoms with Crippen LogP contribution in [0.25, 0.3) is 0 Å². The molecule has 0 saturated carbocycles. The third kappa shape index (κ3) is 2.82. The number of nitrogen functional groups attached to an aromatic ring is 1. The summed E-state index contributed by atoms with van der Waals surface area (Å²) in [6.45, 7) is 2.94. The van der Waals surface area contributed by atoms with E-state index >= 15 is 0 Å². The zero-order valence-electron chi connectivity index (χ0n) is 10.2. The molecule has 0 saturated heterocycles. The maximum absolute atomic E-state index is 8.80. The SMILES string of the molecule is CCc1ccc(CNc2ccc(C#N)c(N)c2)s1. The molecule has 0 spiro atoms. The Morgan fingerprint density at radius 3 is 2.67 bits per heavy atom. The number of thiophene rings is 1. The lowest BCUT2D eigenvalue weighted by molar-refractivity contribution is 1.19. The van der Waals surface area contributed by atoms with Gasteiger partial charge in [-0.2, -0.15) is 5.26 Å². The maximum Gasteiger partial charge on any atom is 0.101 e. The van der Waals surface area contributed by atoms with Gasteiger partial charge in [0.2, 0.25) is 0 Å². The number of nitrogens with one attached hydrogen (secondary N) is 1. The van der Waals surface area contributed by atoms with Crippen molar-refractivity contribution < 1.29 is 0 Å². The Hall–Kier alpha value is -1.99. The number of hydrogen-bond acceptors (Lipinski definition) is 4. The summed E-state index contributed by atoms with van der Waals surface area (Å²) in [5, 5.41) is 12.1. The second-order valence-electron chi connectivity index (χ2n) is 3.99. The highest BCUT2D eigenvalue weighted by atomic mass is 32.1. The Morgan fingerprint density at radius 1 is 1.28 bits per heavy atom. The molecule has 4 heteroatoms. The smallest absolute Gasteiger partial charge is 0.101 e. The Kier molecular flexibility index (Phi) is 3.85.